The van der Waals surface area contributed by atoms with Crippen molar-refractivity contribution in [3.8, 4) is 0 Å². The molecule has 1 saturated heterocycles. The molecule has 1 fully saturated rings. The van der Waals surface area contributed by atoms with Gasteiger partial charge in [-0.15, -0.1) is 0 Å². The van der Waals surface area contributed by atoms with Gasteiger partial charge in [0.15, 0.2) is 0 Å². The van der Waals surface area contributed by atoms with E-state index in [0.717, 1.165) is 19.0 Å². The molecule has 1 aliphatic heterocycles. The van der Waals surface area contributed by atoms with E-state index in [1.165, 1.54) is 43.7 Å². The Balaban J connectivity index is 1.90. The smallest absolute Gasteiger partial charge is 0.0535 e. The summed E-state index contributed by atoms with van der Waals surface area (Å²) in [5.74, 6) is 1.39. The summed E-state index contributed by atoms with van der Waals surface area (Å²) in [6.07, 6.45) is 4.47. The second-order valence-electron chi connectivity index (χ2n) is 6.80. The van der Waals surface area contributed by atoms with E-state index in [9.17, 15) is 0 Å². The highest BCUT2D eigenvalue weighted by Crippen LogP contribution is 2.29. The fourth-order valence-electron chi connectivity index (χ4n) is 3.31. The predicted molar refractivity (Wildman–Crippen MR) is 87.2 cm³/mol. The van der Waals surface area contributed by atoms with Crippen molar-refractivity contribution in [2.75, 3.05) is 39.8 Å². The molecule has 2 rings (SSSR count). The lowest BCUT2D eigenvalue weighted by atomic mass is 9.91. The third-order valence-electron chi connectivity index (χ3n) is 4.32. The Labute approximate surface area is 128 Å². The lowest BCUT2D eigenvalue weighted by Gasteiger charge is -2.33. The molecule has 0 aliphatic carbocycles. The molecule has 0 spiro atoms. The number of aromatic nitrogens is 2. The largest absolute Gasteiger partial charge is 0.329 e. The first kappa shape index (κ1) is 16.5. The molecule has 120 valence electrons. The van der Waals surface area contributed by atoms with E-state index in [-0.39, 0.29) is 0 Å². The van der Waals surface area contributed by atoms with Gasteiger partial charge in [-0.25, -0.2) is 0 Å². The fraction of sp³-hybridized carbons (Fsp3) is 0.812. The predicted octanol–water partition coefficient (Wildman–Crippen LogP) is 1.64. The van der Waals surface area contributed by atoms with Crippen LogP contribution in [0.2, 0.25) is 0 Å². The number of likely N-dealkylation sites (N-methyl/N-ethyl adjacent to an activating group) is 1. The number of rotatable bonds is 7. The van der Waals surface area contributed by atoms with Crippen LogP contribution in [-0.2, 0) is 6.54 Å². The van der Waals surface area contributed by atoms with E-state index in [0.29, 0.717) is 12.5 Å². The van der Waals surface area contributed by atoms with Crippen LogP contribution in [0, 0.1) is 5.92 Å². The van der Waals surface area contributed by atoms with Crippen LogP contribution in [0.25, 0.3) is 0 Å². The van der Waals surface area contributed by atoms with Crippen LogP contribution in [0.4, 0.5) is 0 Å². The van der Waals surface area contributed by atoms with Crippen molar-refractivity contribution >= 4 is 0 Å². The van der Waals surface area contributed by atoms with Crippen molar-refractivity contribution in [2.45, 2.75) is 39.2 Å². The minimum Gasteiger partial charge on any atom is -0.329 e. The fourth-order valence-corrected chi connectivity index (χ4v) is 3.31. The van der Waals surface area contributed by atoms with Crippen LogP contribution >= 0.6 is 0 Å². The summed E-state index contributed by atoms with van der Waals surface area (Å²) < 4.78 is 0. The van der Waals surface area contributed by atoms with Gasteiger partial charge in [0, 0.05) is 43.4 Å². The van der Waals surface area contributed by atoms with Gasteiger partial charge in [-0.1, -0.05) is 13.8 Å². The number of likely N-dealkylation sites (tertiary alicyclic amines) is 1. The number of nitrogens with zero attached hydrogens (tertiary/aromatic N) is 3. The third kappa shape index (κ3) is 4.80. The van der Waals surface area contributed by atoms with Crippen LogP contribution in [0.15, 0.2) is 6.20 Å². The topological polar surface area (TPSA) is 61.2 Å². The van der Waals surface area contributed by atoms with Crippen LogP contribution in [0.5, 0.6) is 0 Å². The number of H-pyrrole nitrogens is 1. The minimum absolute atomic E-state index is 0.636. The van der Waals surface area contributed by atoms with E-state index in [1.807, 2.05) is 6.20 Å². The summed E-state index contributed by atoms with van der Waals surface area (Å²) in [4.78, 5) is 4.86. The summed E-state index contributed by atoms with van der Waals surface area (Å²) in [6.45, 7) is 10.8. The summed E-state index contributed by atoms with van der Waals surface area (Å²) >= 11 is 0. The van der Waals surface area contributed by atoms with Crippen molar-refractivity contribution in [1.82, 2.24) is 20.0 Å². The molecule has 5 heteroatoms. The monoisotopic (exact) mass is 293 g/mol. The molecule has 0 radical (unpaired) electrons. The molecule has 0 bridgehead atoms. The number of nitrogens with two attached hydrogens (primary N) is 1. The first-order valence-electron chi connectivity index (χ1n) is 8.23. The second-order valence-corrected chi connectivity index (χ2v) is 6.80. The normalized spacial score (nSPS) is 18.0. The zero-order valence-electron chi connectivity index (χ0n) is 13.8. The molecule has 0 amide bonds. The molecule has 3 N–H and O–H groups in total. The summed E-state index contributed by atoms with van der Waals surface area (Å²) in [5.41, 5.74) is 8.31. The number of piperidine rings is 1. The SMILES string of the molecule is CC(C)CN1CCC(c2[nH]ncc2CN(C)CCN)CC1. The van der Waals surface area contributed by atoms with E-state index in [2.05, 4.69) is 40.9 Å². The Kier molecular flexibility index (Phi) is 6.21. The molecule has 1 aromatic rings. The molecule has 2 heterocycles. The zero-order chi connectivity index (χ0) is 15.2. The number of nitrogens with one attached hydrogen (secondary N) is 1. The van der Waals surface area contributed by atoms with Gasteiger partial charge >= 0.3 is 0 Å². The van der Waals surface area contributed by atoms with Gasteiger partial charge in [-0.2, -0.15) is 5.10 Å². The van der Waals surface area contributed by atoms with Gasteiger partial charge in [-0.3, -0.25) is 5.10 Å². The molecular weight excluding hydrogens is 262 g/mol. The standard InChI is InChI=1S/C16H31N5/c1-13(2)11-21-7-4-14(5-8-21)16-15(10-18-19-16)12-20(3)9-6-17/h10,13-14H,4-9,11-12,17H2,1-3H3,(H,18,19). The van der Waals surface area contributed by atoms with Gasteiger partial charge in [0.25, 0.3) is 0 Å². The van der Waals surface area contributed by atoms with Crippen LogP contribution in [-0.4, -0.2) is 59.8 Å². The van der Waals surface area contributed by atoms with Gasteiger partial charge < -0.3 is 15.5 Å². The Morgan fingerprint density at radius 3 is 2.76 bits per heavy atom. The molecule has 5 nitrogen and oxygen atoms in total. The van der Waals surface area contributed by atoms with Crippen molar-refractivity contribution in [3.63, 3.8) is 0 Å². The number of hydrogen-bond acceptors (Lipinski definition) is 4. The zero-order valence-corrected chi connectivity index (χ0v) is 13.8. The van der Waals surface area contributed by atoms with Crippen molar-refractivity contribution < 1.29 is 0 Å². The van der Waals surface area contributed by atoms with Crippen molar-refractivity contribution in [2.24, 2.45) is 11.7 Å². The second kappa shape index (κ2) is 7.92. The van der Waals surface area contributed by atoms with Crippen molar-refractivity contribution in [1.29, 1.82) is 0 Å². The highest BCUT2D eigenvalue weighted by molar-refractivity contribution is 5.21. The molecule has 0 unspecified atom stereocenters. The quantitative estimate of drug-likeness (QED) is 0.802. The van der Waals surface area contributed by atoms with Gasteiger partial charge in [0.05, 0.1) is 6.20 Å². The number of aromatic amines is 1. The van der Waals surface area contributed by atoms with E-state index in [1.54, 1.807) is 0 Å². The number of hydrogen-bond donors (Lipinski definition) is 2. The maximum absolute atomic E-state index is 5.62. The molecule has 21 heavy (non-hydrogen) atoms. The average Bonchev–Trinajstić information content (AvgIpc) is 2.87. The maximum atomic E-state index is 5.62. The van der Waals surface area contributed by atoms with Crippen LogP contribution in [0.1, 0.15) is 43.9 Å². The molecule has 0 aromatic carbocycles. The average molecular weight is 293 g/mol. The molecule has 1 aromatic heterocycles. The Bertz CT molecular complexity index is 407. The van der Waals surface area contributed by atoms with E-state index < -0.39 is 0 Å². The van der Waals surface area contributed by atoms with E-state index >= 15 is 0 Å². The van der Waals surface area contributed by atoms with Gasteiger partial charge in [0.2, 0.25) is 0 Å². The lowest BCUT2D eigenvalue weighted by Crippen LogP contribution is -2.35. The highest BCUT2D eigenvalue weighted by atomic mass is 15.2. The highest BCUT2D eigenvalue weighted by Gasteiger charge is 2.24. The molecule has 1 aliphatic rings. The maximum Gasteiger partial charge on any atom is 0.0535 e. The Morgan fingerprint density at radius 2 is 2.14 bits per heavy atom. The molecule has 0 saturated carbocycles. The van der Waals surface area contributed by atoms with Gasteiger partial charge in [-0.05, 0) is 38.9 Å². The molecule has 0 atom stereocenters. The summed E-state index contributed by atoms with van der Waals surface area (Å²) in [7, 11) is 2.12. The summed E-state index contributed by atoms with van der Waals surface area (Å²) in [5, 5.41) is 7.53. The Morgan fingerprint density at radius 1 is 1.43 bits per heavy atom. The first-order valence-corrected chi connectivity index (χ1v) is 8.23. The molecular formula is C16H31N5. The van der Waals surface area contributed by atoms with E-state index in [4.69, 9.17) is 5.73 Å². The minimum atomic E-state index is 0.636. The van der Waals surface area contributed by atoms with Crippen molar-refractivity contribution in [3.05, 3.63) is 17.5 Å². The Hall–Kier alpha value is -0.910. The summed E-state index contributed by atoms with van der Waals surface area (Å²) in [6, 6.07) is 0. The van der Waals surface area contributed by atoms with Crippen LogP contribution < -0.4 is 5.73 Å². The lowest BCUT2D eigenvalue weighted by molar-refractivity contribution is 0.190. The first-order chi connectivity index (χ1) is 10.1. The third-order valence-corrected chi connectivity index (χ3v) is 4.32. The van der Waals surface area contributed by atoms with Crippen LogP contribution in [0.3, 0.4) is 0 Å². The van der Waals surface area contributed by atoms with Gasteiger partial charge in [0.1, 0.15) is 0 Å².